The predicted octanol–water partition coefficient (Wildman–Crippen LogP) is 4.19. The molecule has 0 bridgehead atoms. The van der Waals surface area contributed by atoms with Gasteiger partial charge in [0.15, 0.2) is 0 Å². The van der Waals surface area contributed by atoms with Crippen molar-refractivity contribution < 1.29 is 0 Å². The standard InChI is InChI=1S/C18H23N5/c1-22(2)18-9-7-15(8-10-18)13-23(3)14-17-6-4-5-16(11-17)12-20-21-19/h4-11H,12-14H2,1-3H3. The van der Waals surface area contributed by atoms with E-state index in [0.717, 1.165) is 18.7 Å². The van der Waals surface area contributed by atoms with E-state index in [4.69, 9.17) is 5.53 Å². The van der Waals surface area contributed by atoms with Crippen LogP contribution in [-0.2, 0) is 19.6 Å². The molecular weight excluding hydrogens is 286 g/mol. The topological polar surface area (TPSA) is 55.2 Å². The molecule has 0 heterocycles. The lowest BCUT2D eigenvalue weighted by molar-refractivity contribution is 0.319. The second-order valence-electron chi connectivity index (χ2n) is 5.94. The Kier molecular flexibility index (Phi) is 6.03. The maximum absolute atomic E-state index is 8.41. The van der Waals surface area contributed by atoms with Crippen molar-refractivity contribution in [1.29, 1.82) is 0 Å². The molecule has 0 N–H and O–H groups in total. The highest BCUT2D eigenvalue weighted by Crippen LogP contribution is 2.15. The Bertz CT molecular complexity index is 672. The molecule has 0 saturated heterocycles. The van der Waals surface area contributed by atoms with E-state index in [0.29, 0.717) is 6.54 Å². The Balaban J connectivity index is 1.96. The number of rotatable bonds is 7. The van der Waals surface area contributed by atoms with E-state index < -0.39 is 0 Å². The van der Waals surface area contributed by atoms with Crippen LogP contribution in [0.5, 0.6) is 0 Å². The van der Waals surface area contributed by atoms with Gasteiger partial charge in [-0.05, 0) is 41.4 Å². The molecule has 5 heteroatoms. The van der Waals surface area contributed by atoms with Gasteiger partial charge < -0.3 is 4.90 Å². The van der Waals surface area contributed by atoms with Crippen molar-refractivity contribution in [3.63, 3.8) is 0 Å². The van der Waals surface area contributed by atoms with Crippen LogP contribution in [0.25, 0.3) is 10.4 Å². The first kappa shape index (κ1) is 16.9. The normalized spacial score (nSPS) is 10.4. The van der Waals surface area contributed by atoms with Crippen molar-refractivity contribution in [2.75, 3.05) is 26.0 Å². The van der Waals surface area contributed by atoms with Crippen molar-refractivity contribution in [3.05, 3.63) is 75.7 Å². The highest BCUT2D eigenvalue weighted by Gasteiger charge is 2.03. The molecule has 0 radical (unpaired) electrons. The van der Waals surface area contributed by atoms with E-state index in [2.05, 4.69) is 63.3 Å². The summed E-state index contributed by atoms with van der Waals surface area (Å²) in [5, 5.41) is 3.62. The Morgan fingerprint density at radius 2 is 1.57 bits per heavy atom. The number of anilines is 1. The van der Waals surface area contributed by atoms with Gasteiger partial charge in [0.25, 0.3) is 0 Å². The Morgan fingerprint density at radius 3 is 2.22 bits per heavy atom. The monoisotopic (exact) mass is 309 g/mol. The fourth-order valence-corrected chi connectivity index (χ4v) is 2.52. The van der Waals surface area contributed by atoms with Gasteiger partial charge in [-0.3, -0.25) is 4.90 Å². The summed E-state index contributed by atoms with van der Waals surface area (Å²) in [7, 11) is 6.20. The second kappa shape index (κ2) is 8.22. The molecule has 2 aromatic rings. The van der Waals surface area contributed by atoms with Crippen LogP contribution >= 0.6 is 0 Å². The van der Waals surface area contributed by atoms with Crippen LogP contribution in [0.3, 0.4) is 0 Å². The predicted molar refractivity (Wildman–Crippen MR) is 95.2 cm³/mol. The van der Waals surface area contributed by atoms with Crippen molar-refractivity contribution in [3.8, 4) is 0 Å². The minimum atomic E-state index is 0.403. The molecule has 0 aliphatic heterocycles. The number of benzene rings is 2. The lowest BCUT2D eigenvalue weighted by Crippen LogP contribution is -2.17. The zero-order chi connectivity index (χ0) is 16.7. The quantitative estimate of drug-likeness (QED) is 0.437. The fraction of sp³-hybridized carbons (Fsp3) is 0.333. The minimum Gasteiger partial charge on any atom is -0.378 e. The summed E-state index contributed by atoms with van der Waals surface area (Å²) < 4.78 is 0. The van der Waals surface area contributed by atoms with Crippen LogP contribution in [0.15, 0.2) is 53.6 Å². The van der Waals surface area contributed by atoms with Crippen molar-refractivity contribution in [2.45, 2.75) is 19.6 Å². The number of hydrogen-bond acceptors (Lipinski definition) is 3. The Labute approximate surface area is 137 Å². The molecule has 0 atom stereocenters. The average molecular weight is 309 g/mol. The van der Waals surface area contributed by atoms with Crippen molar-refractivity contribution in [1.82, 2.24) is 4.90 Å². The van der Waals surface area contributed by atoms with Gasteiger partial charge in [0.1, 0.15) is 0 Å². The number of nitrogens with zero attached hydrogens (tertiary/aromatic N) is 5. The van der Waals surface area contributed by atoms with Crippen molar-refractivity contribution >= 4 is 5.69 Å². The summed E-state index contributed by atoms with van der Waals surface area (Å²) in [4.78, 5) is 7.18. The summed E-state index contributed by atoms with van der Waals surface area (Å²) in [6, 6.07) is 16.8. The highest BCUT2D eigenvalue weighted by molar-refractivity contribution is 5.45. The summed E-state index contributed by atoms with van der Waals surface area (Å²) in [6.45, 7) is 2.16. The highest BCUT2D eigenvalue weighted by atomic mass is 15.1. The van der Waals surface area contributed by atoms with Gasteiger partial charge in [-0.25, -0.2) is 0 Å². The van der Waals surface area contributed by atoms with Crippen LogP contribution in [0.2, 0.25) is 0 Å². The second-order valence-corrected chi connectivity index (χ2v) is 5.94. The van der Waals surface area contributed by atoms with Gasteiger partial charge in [-0.15, -0.1) is 0 Å². The molecule has 120 valence electrons. The fourth-order valence-electron chi connectivity index (χ4n) is 2.52. The van der Waals surface area contributed by atoms with Gasteiger partial charge in [0.05, 0.1) is 6.54 Å². The van der Waals surface area contributed by atoms with E-state index in [-0.39, 0.29) is 0 Å². The zero-order valence-corrected chi connectivity index (χ0v) is 14.0. The summed E-state index contributed by atoms with van der Waals surface area (Å²) >= 11 is 0. The molecule has 0 amide bonds. The smallest absolute Gasteiger partial charge is 0.0510 e. The van der Waals surface area contributed by atoms with Gasteiger partial charge in [-0.2, -0.15) is 0 Å². The van der Waals surface area contributed by atoms with Gasteiger partial charge >= 0.3 is 0 Å². The van der Waals surface area contributed by atoms with Crippen LogP contribution in [-0.4, -0.2) is 26.0 Å². The molecule has 0 aliphatic rings. The van der Waals surface area contributed by atoms with Crippen molar-refractivity contribution in [2.24, 2.45) is 5.11 Å². The largest absolute Gasteiger partial charge is 0.378 e. The maximum Gasteiger partial charge on any atom is 0.0510 e. The third-order valence-electron chi connectivity index (χ3n) is 3.67. The molecule has 5 nitrogen and oxygen atoms in total. The molecule has 0 saturated carbocycles. The third kappa shape index (κ3) is 5.33. The molecule has 23 heavy (non-hydrogen) atoms. The van der Waals surface area contributed by atoms with E-state index >= 15 is 0 Å². The molecule has 0 spiro atoms. The average Bonchev–Trinajstić information content (AvgIpc) is 2.53. The molecule has 2 rings (SSSR count). The van der Waals surface area contributed by atoms with E-state index in [1.165, 1.54) is 16.8 Å². The maximum atomic E-state index is 8.41. The molecule has 0 fully saturated rings. The van der Waals surface area contributed by atoms with Gasteiger partial charge in [0, 0.05) is 37.8 Å². The first-order chi connectivity index (χ1) is 11.1. The first-order valence-corrected chi connectivity index (χ1v) is 7.62. The number of azide groups is 1. The molecule has 0 unspecified atom stereocenters. The van der Waals surface area contributed by atoms with Gasteiger partial charge in [0.2, 0.25) is 0 Å². The van der Waals surface area contributed by atoms with E-state index in [1.807, 2.05) is 26.2 Å². The van der Waals surface area contributed by atoms with Crippen LogP contribution < -0.4 is 4.90 Å². The van der Waals surface area contributed by atoms with Crippen LogP contribution in [0, 0.1) is 0 Å². The summed E-state index contributed by atoms with van der Waals surface area (Å²) in [6.07, 6.45) is 0. The lowest BCUT2D eigenvalue weighted by Gasteiger charge is -2.18. The molecular formula is C18H23N5. The minimum absolute atomic E-state index is 0.403. The zero-order valence-electron chi connectivity index (χ0n) is 14.0. The molecule has 0 aromatic heterocycles. The first-order valence-electron chi connectivity index (χ1n) is 7.62. The summed E-state index contributed by atoms with van der Waals surface area (Å²) in [5.41, 5.74) is 13.2. The van der Waals surface area contributed by atoms with E-state index in [9.17, 15) is 0 Å². The van der Waals surface area contributed by atoms with E-state index in [1.54, 1.807) is 0 Å². The van der Waals surface area contributed by atoms with Crippen LogP contribution in [0.4, 0.5) is 5.69 Å². The number of hydrogen-bond donors (Lipinski definition) is 0. The van der Waals surface area contributed by atoms with Crippen LogP contribution in [0.1, 0.15) is 16.7 Å². The molecule has 2 aromatic carbocycles. The van der Waals surface area contributed by atoms with Gasteiger partial charge in [-0.1, -0.05) is 41.5 Å². The Hall–Kier alpha value is -2.49. The third-order valence-corrected chi connectivity index (χ3v) is 3.67. The molecule has 0 aliphatic carbocycles. The lowest BCUT2D eigenvalue weighted by atomic mass is 10.1. The SMILES string of the molecule is CN(Cc1ccc(N(C)C)cc1)Cc1cccc(CN=[N+]=[N-])c1. The summed E-state index contributed by atoms with van der Waals surface area (Å²) in [5.74, 6) is 0. The Morgan fingerprint density at radius 1 is 0.913 bits per heavy atom.